The molecule has 0 radical (unpaired) electrons. The molecule has 1 fully saturated rings. The number of carbonyl (C=O) groups excluding carboxylic acids is 3. The molecule has 3 amide bonds. The number of likely N-dealkylation sites (tertiary alicyclic amines) is 1. The molecule has 0 bridgehead atoms. The summed E-state index contributed by atoms with van der Waals surface area (Å²) in [4.78, 5) is 40.7. The van der Waals surface area contributed by atoms with Crippen molar-refractivity contribution in [3.05, 3.63) is 65.2 Å². The summed E-state index contributed by atoms with van der Waals surface area (Å²) in [5, 5.41) is 2.85. The average molecular weight is 405 g/mol. The van der Waals surface area contributed by atoms with Crippen LogP contribution in [0.5, 0.6) is 0 Å². The highest BCUT2D eigenvalue weighted by atomic mass is 16.2. The maximum Gasteiger partial charge on any atom is 0.261 e. The van der Waals surface area contributed by atoms with E-state index in [9.17, 15) is 14.4 Å². The SMILES string of the molecule is CC1CCN(Cc2ccc(NC(=O)CCN3C(=O)c4ccccc4C3=O)cc2)CC1. The number of fused-ring (bicyclic) bond motifs is 1. The van der Waals surface area contributed by atoms with Gasteiger partial charge in [0.25, 0.3) is 11.8 Å². The first-order chi connectivity index (χ1) is 14.5. The van der Waals surface area contributed by atoms with Crippen molar-refractivity contribution in [1.82, 2.24) is 9.80 Å². The largest absolute Gasteiger partial charge is 0.326 e. The van der Waals surface area contributed by atoms with Crippen LogP contribution in [0.25, 0.3) is 0 Å². The molecule has 6 nitrogen and oxygen atoms in total. The van der Waals surface area contributed by atoms with Gasteiger partial charge >= 0.3 is 0 Å². The summed E-state index contributed by atoms with van der Waals surface area (Å²) in [5.74, 6) is -0.0665. The molecule has 156 valence electrons. The lowest BCUT2D eigenvalue weighted by molar-refractivity contribution is -0.116. The molecule has 1 saturated heterocycles. The van der Waals surface area contributed by atoms with Crippen molar-refractivity contribution < 1.29 is 14.4 Å². The molecule has 0 spiro atoms. The van der Waals surface area contributed by atoms with Gasteiger partial charge in [-0.25, -0.2) is 0 Å². The van der Waals surface area contributed by atoms with Crippen LogP contribution in [0.3, 0.4) is 0 Å². The van der Waals surface area contributed by atoms with Gasteiger partial charge in [-0.3, -0.25) is 24.2 Å². The van der Waals surface area contributed by atoms with Crippen LogP contribution >= 0.6 is 0 Å². The minimum atomic E-state index is -0.333. The Bertz CT molecular complexity index is 911. The Labute approximate surface area is 176 Å². The quantitative estimate of drug-likeness (QED) is 0.747. The number of amides is 3. The lowest BCUT2D eigenvalue weighted by Crippen LogP contribution is -2.33. The van der Waals surface area contributed by atoms with Crippen LogP contribution in [0, 0.1) is 5.92 Å². The number of piperidine rings is 1. The smallest absolute Gasteiger partial charge is 0.261 e. The monoisotopic (exact) mass is 405 g/mol. The second kappa shape index (κ2) is 8.79. The van der Waals surface area contributed by atoms with Gasteiger partial charge in [0.05, 0.1) is 11.1 Å². The summed E-state index contributed by atoms with van der Waals surface area (Å²) in [6, 6.07) is 14.6. The van der Waals surface area contributed by atoms with Crippen molar-refractivity contribution in [2.45, 2.75) is 32.7 Å². The average Bonchev–Trinajstić information content (AvgIpc) is 3.00. The molecule has 0 atom stereocenters. The number of nitrogens with zero attached hydrogens (tertiary/aromatic N) is 2. The molecule has 2 heterocycles. The first-order valence-corrected chi connectivity index (χ1v) is 10.6. The lowest BCUT2D eigenvalue weighted by atomic mass is 9.99. The Morgan fingerprint density at radius 1 is 0.967 bits per heavy atom. The van der Waals surface area contributed by atoms with E-state index in [1.54, 1.807) is 24.3 Å². The molecular weight excluding hydrogens is 378 g/mol. The van der Waals surface area contributed by atoms with E-state index >= 15 is 0 Å². The van der Waals surface area contributed by atoms with Gasteiger partial charge in [-0.05, 0) is 61.7 Å². The van der Waals surface area contributed by atoms with Crippen molar-refractivity contribution in [2.75, 3.05) is 25.0 Å². The Morgan fingerprint density at radius 2 is 1.57 bits per heavy atom. The Morgan fingerprint density at radius 3 is 2.17 bits per heavy atom. The Balaban J connectivity index is 1.26. The summed E-state index contributed by atoms with van der Waals surface area (Å²) in [7, 11) is 0. The van der Waals surface area contributed by atoms with Crippen LogP contribution in [0.4, 0.5) is 5.69 Å². The number of carbonyl (C=O) groups is 3. The van der Waals surface area contributed by atoms with Gasteiger partial charge < -0.3 is 5.32 Å². The summed E-state index contributed by atoms with van der Waals surface area (Å²) in [6.07, 6.45) is 2.57. The highest BCUT2D eigenvalue weighted by Gasteiger charge is 2.34. The maximum absolute atomic E-state index is 12.4. The zero-order valence-corrected chi connectivity index (χ0v) is 17.3. The zero-order chi connectivity index (χ0) is 21.1. The number of anilines is 1. The molecule has 2 aromatic carbocycles. The highest BCUT2D eigenvalue weighted by molar-refractivity contribution is 6.21. The molecule has 1 N–H and O–H groups in total. The van der Waals surface area contributed by atoms with Crippen molar-refractivity contribution >= 4 is 23.4 Å². The van der Waals surface area contributed by atoms with E-state index in [4.69, 9.17) is 0 Å². The van der Waals surface area contributed by atoms with Crippen molar-refractivity contribution in [3.63, 3.8) is 0 Å². The van der Waals surface area contributed by atoms with Crippen molar-refractivity contribution in [2.24, 2.45) is 5.92 Å². The fourth-order valence-electron chi connectivity index (χ4n) is 4.05. The van der Waals surface area contributed by atoms with Crippen LogP contribution < -0.4 is 5.32 Å². The van der Waals surface area contributed by atoms with E-state index in [0.717, 1.165) is 36.1 Å². The third-order valence-electron chi connectivity index (χ3n) is 5.96. The molecule has 2 aliphatic rings. The van der Waals surface area contributed by atoms with Crippen LogP contribution in [-0.2, 0) is 11.3 Å². The zero-order valence-electron chi connectivity index (χ0n) is 17.3. The van der Waals surface area contributed by atoms with Gasteiger partial charge in [-0.2, -0.15) is 0 Å². The molecule has 2 aromatic rings. The van der Waals surface area contributed by atoms with Gasteiger partial charge in [0, 0.05) is 25.2 Å². The minimum Gasteiger partial charge on any atom is -0.326 e. The molecule has 30 heavy (non-hydrogen) atoms. The van der Waals surface area contributed by atoms with E-state index in [0.29, 0.717) is 11.1 Å². The molecule has 0 aromatic heterocycles. The highest BCUT2D eigenvalue weighted by Crippen LogP contribution is 2.23. The van der Waals surface area contributed by atoms with Gasteiger partial charge in [-0.15, -0.1) is 0 Å². The Hall–Kier alpha value is -2.99. The van der Waals surface area contributed by atoms with E-state index in [1.807, 2.05) is 24.3 Å². The summed E-state index contributed by atoms with van der Waals surface area (Å²) in [5.41, 5.74) is 2.76. The molecule has 0 aliphatic carbocycles. The molecule has 2 aliphatic heterocycles. The fourth-order valence-corrected chi connectivity index (χ4v) is 4.05. The van der Waals surface area contributed by atoms with Crippen molar-refractivity contribution in [3.8, 4) is 0 Å². The lowest BCUT2D eigenvalue weighted by Gasteiger charge is -2.30. The molecule has 4 rings (SSSR count). The van der Waals surface area contributed by atoms with Crippen LogP contribution in [0.1, 0.15) is 52.5 Å². The normalized spacial score (nSPS) is 17.3. The second-order valence-electron chi connectivity index (χ2n) is 8.26. The first kappa shape index (κ1) is 20.3. The van der Waals surface area contributed by atoms with E-state index in [1.165, 1.54) is 18.4 Å². The van der Waals surface area contributed by atoms with E-state index in [2.05, 4.69) is 17.1 Å². The number of imide groups is 1. The predicted octanol–water partition coefficient (Wildman–Crippen LogP) is 3.54. The van der Waals surface area contributed by atoms with Gasteiger partial charge in [0.2, 0.25) is 5.91 Å². The standard InChI is InChI=1S/C24H27N3O3/c1-17-10-13-26(14-11-17)16-18-6-8-19(9-7-18)25-22(28)12-15-27-23(29)20-4-2-3-5-21(20)24(27)30/h2-9,17H,10-16H2,1H3,(H,25,28). The molecular formula is C24H27N3O3. The number of nitrogens with one attached hydrogen (secondary N) is 1. The van der Waals surface area contributed by atoms with Gasteiger partial charge in [0.15, 0.2) is 0 Å². The van der Waals surface area contributed by atoms with Crippen LogP contribution in [0.2, 0.25) is 0 Å². The number of rotatable bonds is 6. The topological polar surface area (TPSA) is 69.7 Å². The number of hydrogen-bond donors (Lipinski definition) is 1. The molecule has 6 heteroatoms. The van der Waals surface area contributed by atoms with Gasteiger partial charge in [-0.1, -0.05) is 31.2 Å². The van der Waals surface area contributed by atoms with Crippen molar-refractivity contribution in [1.29, 1.82) is 0 Å². The fraction of sp³-hybridized carbons (Fsp3) is 0.375. The third kappa shape index (κ3) is 4.44. The second-order valence-corrected chi connectivity index (χ2v) is 8.26. The molecule has 0 unspecified atom stereocenters. The Kier molecular flexibility index (Phi) is 5.95. The number of benzene rings is 2. The van der Waals surface area contributed by atoms with E-state index < -0.39 is 0 Å². The predicted molar refractivity (Wildman–Crippen MR) is 115 cm³/mol. The summed E-state index contributed by atoms with van der Waals surface area (Å²) >= 11 is 0. The molecule has 0 saturated carbocycles. The van der Waals surface area contributed by atoms with Crippen LogP contribution in [0.15, 0.2) is 48.5 Å². The maximum atomic E-state index is 12.4. The third-order valence-corrected chi connectivity index (χ3v) is 5.96. The number of hydrogen-bond acceptors (Lipinski definition) is 4. The summed E-state index contributed by atoms with van der Waals surface area (Å²) < 4.78 is 0. The minimum absolute atomic E-state index is 0.0686. The van der Waals surface area contributed by atoms with Gasteiger partial charge in [0.1, 0.15) is 0 Å². The van der Waals surface area contributed by atoms with Crippen LogP contribution in [-0.4, -0.2) is 47.2 Å². The first-order valence-electron chi connectivity index (χ1n) is 10.6. The van der Waals surface area contributed by atoms with E-state index in [-0.39, 0.29) is 30.7 Å². The summed E-state index contributed by atoms with van der Waals surface area (Å²) in [6.45, 7) is 5.59.